The molecule has 2 bridgehead atoms. The average Bonchev–Trinajstić information content (AvgIpc) is 3.40. The normalized spacial score (nSPS) is 29.1. The summed E-state index contributed by atoms with van der Waals surface area (Å²) < 4.78 is 6.00. The van der Waals surface area contributed by atoms with E-state index in [4.69, 9.17) is 4.74 Å². The highest BCUT2D eigenvalue weighted by molar-refractivity contribution is 6.24. The van der Waals surface area contributed by atoms with E-state index in [1.165, 1.54) is 4.90 Å². The highest BCUT2D eigenvalue weighted by Gasteiger charge is 2.67. The van der Waals surface area contributed by atoms with Crippen LogP contribution in [0.4, 0.5) is 5.69 Å². The standard InChI is InChI=1S/C26H21NO3/c1-26-19-8-6-18(14-19)23(26)24(28)27(25(26)29)20-9-12-21(13-10-20)30-22-11-7-16-4-2-3-5-17(16)15-22/h2-13,15,18-19,23H,14H2,1H3/t18-,19-,23-,26-/m0/s1. The average molecular weight is 395 g/mol. The Morgan fingerprint density at radius 2 is 1.63 bits per heavy atom. The largest absolute Gasteiger partial charge is 0.457 e. The van der Waals surface area contributed by atoms with Gasteiger partial charge in [-0.05, 0) is 72.4 Å². The lowest BCUT2D eigenvalue weighted by Gasteiger charge is -2.28. The van der Waals surface area contributed by atoms with E-state index in [0.717, 1.165) is 22.9 Å². The van der Waals surface area contributed by atoms with Crippen molar-refractivity contribution in [3.05, 3.63) is 78.9 Å². The number of nitrogens with zero attached hydrogens (tertiary/aromatic N) is 1. The molecule has 2 fully saturated rings. The van der Waals surface area contributed by atoms with E-state index in [2.05, 4.69) is 24.3 Å². The summed E-state index contributed by atoms with van der Waals surface area (Å²) in [6, 6.07) is 21.3. The number of hydrogen-bond acceptors (Lipinski definition) is 3. The number of amides is 2. The maximum Gasteiger partial charge on any atom is 0.241 e. The van der Waals surface area contributed by atoms with Crippen LogP contribution in [0.25, 0.3) is 10.8 Å². The lowest BCUT2D eigenvalue weighted by Crippen LogP contribution is -2.37. The molecule has 4 nitrogen and oxygen atoms in total. The van der Waals surface area contributed by atoms with Crippen LogP contribution < -0.4 is 9.64 Å². The molecular weight excluding hydrogens is 374 g/mol. The molecule has 3 aromatic rings. The van der Waals surface area contributed by atoms with Crippen LogP contribution in [0.2, 0.25) is 0 Å². The van der Waals surface area contributed by atoms with Gasteiger partial charge in [-0.15, -0.1) is 0 Å². The second-order valence-electron chi connectivity index (χ2n) is 8.74. The van der Waals surface area contributed by atoms with Crippen molar-refractivity contribution in [1.29, 1.82) is 0 Å². The molecule has 1 heterocycles. The Balaban J connectivity index is 1.26. The number of imide groups is 1. The summed E-state index contributed by atoms with van der Waals surface area (Å²) in [5.74, 6) is 1.41. The number of allylic oxidation sites excluding steroid dienone is 2. The van der Waals surface area contributed by atoms with Crippen molar-refractivity contribution in [1.82, 2.24) is 0 Å². The van der Waals surface area contributed by atoms with Crippen molar-refractivity contribution in [3.8, 4) is 11.5 Å². The molecule has 2 aliphatic carbocycles. The number of fused-ring (bicyclic) bond motifs is 6. The molecule has 3 aliphatic rings. The summed E-state index contributed by atoms with van der Waals surface area (Å²) in [7, 11) is 0. The molecule has 6 rings (SSSR count). The van der Waals surface area contributed by atoms with Crippen molar-refractivity contribution < 1.29 is 14.3 Å². The zero-order valence-corrected chi connectivity index (χ0v) is 16.6. The van der Waals surface area contributed by atoms with E-state index in [1.807, 2.05) is 49.4 Å². The highest BCUT2D eigenvalue weighted by atomic mass is 16.5. The van der Waals surface area contributed by atoms with Crippen LogP contribution in [-0.4, -0.2) is 11.8 Å². The van der Waals surface area contributed by atoms with Crippen LogP contribution in [0, 0.1) is 23.2 Å². The number of carbonyl (C=O) groups is 2. The van der Waals surface area contributed by atoms with E-state index >= 15 is 0 Å². The number of ether oxygens (including phenoxy) is 1. The first-order valence-corrected chi connectivity index (χ1v) is 10.4. The Morgan fingerprint density at radius 1 is 0.900 bits per heavy atom. The second kappa shape index (κ2) is 6.05. The van der Waals surface area contributed by atoms with E-state index in [-0.39, 0.29) is 29.6 Å². The molecule has 1 saturated heterocycles. The molecule has 4 atom stereocenters. The first kappa shape index (κ1) is 17.5. The van der Waals surface area contributed by atoms with Gasteiger partial charge >= 0.3 is 0 Å². The minimum atomic E-state index is -0.600. The third kappa shape index (κ3) is 2.28. The highest BCUT2D eigenvalue weighted by Crippen LogP contribution is 2.60. The second-order valence-corrected chi connectivity index (χ2v) is 8.74. The number of benzene rings is 3. The van der Waals surface area contributed by atoms with Gasteiger partial charge in [0, 0.05) is 0 Å². The molecule has 1 saturated carbocycles. The summed E-state index contributed by atoms with van der Waals surface area (Å²) in [5, 5.41) is 2.27. The zero-order chi connectivity index (χ0) is 20.5. The van der Waals surface area contributed by atoms with Crippen LogP contribution in [0.15, 0.2) is 78.9 Å². The number of carbonyl (C=O) groups excluding carboxylic acids is 2. The third-order valence-electron chi connectivity index (χ3n) is 7.16. The van der Waals surface area contributed by atoms with Gasteiger partial charge in [0.25, 0.3) is 0 Å². The van der Waals surface area contributed by atoms with Gasteiger partial charge in [0.05, 0.1) is 17.0 Å². The fourth-order valence-electron chi connectivity index (χ4n) is 5.58. The Kier molecular flexibility index (Phi) is 3.52. The lowest BCUT2D eigenvalue weighted by atomic mass is 9.71. The van der Waals surface area contributed by atoms with Gasteiger partial charge in [0.2, 0.25) is 11.8 Å². The fourth-order valence-corrected chi connectivity index (χ4v) is 5.58. The summed E-state index contributed by atoms with van der Waals surface area (Å²) in [6.07, 6.45) is 5.16. The minimum Gasteiger partial charge on any atom is -0.457 e. The number of anilines is 1. The van der Waals surface area contributed by atoms with E-state index in [1.54, 1.807) is 12.1 Å². The fraction of sp³-hybridized carbons (Fsp3) is 0.231. The quantitative estimate of drug-likeness (QED) is 0.445. The lowest BCUT2D eigenvalue weighted by molar-refractivity contribution is -0.127. The van der Waals surface area contributed by atoms with Crippen LogP contribution in [0.1, 0.15) is 13.3 Å². The third-order valence-corrected chi connectivity index (χ3v) is 7.16. The van der Waals surface area contributed by atoms with Crippen LogP contribution in [0.5, 0.6) is 11.5 Å². The van der Waals surface area contributed by atoms with Gasteiger partial charge < -0.3 is 4.74 Å². The first-order chi connectivity index (χ1) is 14.6. The first-order valence-electron chi connectivity index (χ1n) is 10.4. The Labute approximate surface area is 174 Å². The van der Waals surface area contributed by atoms with Gasteiger partial charge in [-0.1, -0.05) is 42.5 Å². The van der Waals surface area contributed by atoms with E-state index in [0.29, 0.717) is 11.4 Å². The predicted molar refractivity (Wildman–Crippen MR) is 115 cm³/mol. The van der Waals surface area contributed by atoms with Gasteiger partial charge in [-0.2, -0.15) is 0 Å². The van der Waals surface area contributed by atoms with Gasteiger partial charge in [-0.25, -0.2) is 4.90 Å². The van der Waals surface area contributed by atoms with Crippen molar-refractivity contribution in [3.63, 3.8) is 0 Å². The molecule has 0 N–H and O–H groups in total. The maximum absolute atomic E-state index is 13.2. The number of rotatable bonds is 3. The molecule has 0 unspecified atom stereocenters. The van der Waals surface area contributed by atoms with Crippen molar-refractivity contribution in [2.45, 2.75) is 13.3 Å². The van der Waals surface area contributed by atoms with Gasteiger partial charge in [-0.3, -0.25) is 9.59 Å². The Morgan fingerprint density at radius 3 is 2.40 bits per heavy atom. The van der Waals surface area contributed by atoms with Gasteiger partial charge in [0.1, 0.15) is 11.5 Å². The SMILES string of the molecule is C[C@@]12C(=O)N(c3ccc(Oc4ccc5ccccc5c4)cc3)C(=O)[C@@H]1[C@H]1C=C[C@H]2C1. The maximum atomic E-state index is 13.2. The molecule has 148 valence electrons. The van der Waals surface area contributed by atoms with Gasteiger partial charge in [0.15, 0.2) is 0 Å². The molecule has 0 spiro atoms. The molecule has 4 heteroatoms. The predicted octanol–water partition coefficient (Wildman–Crippen LogP) is 5.33. The van der Waals surface area contributed by atoms with Crippen molar-refractivity contribution in [2.24, 2.45) is 23.2 Å². The molecule has 3 aromatic carbocycles. The van der Waals surface area contributed by atoms with Crippen LogP contribution in [0.3, 0.4) is 0 Å². The van der Waals surface area contributed by atoms with Crippen LogP contribution in [-0.2, 0) is 9.59 Å². The Bertz CT molecular complexity index is 1230. The van der Waals surface area contributed by atoms with E-state index < -0.39 is 5.41 Å². The number of hydrogen-bond donors (Lipinski definition) is 0. The Hall–Kier alpha value is -3.40. The zero-order valence-electron chi connectivity index (χ0n) is 16.6. The van der Waals surface area contributed by atoms with Crippen molar-refractivity contribution in [2.75, 3.05) is 4.90 Å². The molecule has 0 radical (unpaired) electrons. The monoisotopic (exact) mass is 395 g/mol. The molecule has 0 aromatic heterocycles. The van der Waals surface area contributed by atoms with Crippen molar-refractivity contribution >= 4 is 28.3 Å². The van der Waals surface area contributed by atoms with E-state index in [9.17, 15) is 9.59 Å². The molecule has 1 aliphatic heterocycles. The summed E-state index contributed by atoms with van der Waals surface area (Å²) in [6.45, 7) is 1.96. The molecular formula is C26H21NO3. The minimum absolute atomic E-state index is 0.0671. The summed E-state index contributed by atoms with van der Waals surface area (Å²) in [5.41, 5.74) is 0.0161. The smallest absolute Gasteiger partial charge is 0.241 e. The summed E-state index contributed by atoms with van der Waals surface area (Å²) >= 11 is 0. The summed E-state index contributed by atoms with van der Waals surface area (Å²) in [4.78, 5) is 27.8. The van der Waals surface area contributed by atoms with Crippen LogP contribution >= 0.6 is 0 Å². The molecule has 2 amide bonds. The molecule has 30 heavy (non-hydrogen) atoms. The topological polar surface area (TPSA) is 46.6 Å².